The normalized spacial score (nSPS) is 15.8. The second kappa shape index (κ2) is 6.12. The Labute approximate surface area is 136 Å². The summed E-state index contributed by atoms with van der Waals surface area (Å²) in [6.45, 7) is 1.79. The number of hydrogen-bond donors (Lipinski definition) is 1. The predicted octanol–water partition coefficient (Wildman–Crippen LogP) is 2.22. The van der Waals surface area contributed by atoms with Crippen LogP contribution in [-0.2, 0) is 0 Å². The smallest absolute Gasteiger partial charge is 0.228 e. The molecule has 1 aromatic carbocycles. The third kappa shape index (κ3) is 2.69. The SMILES string of the molecule is Fc1ccc(F)c(-n2ncc3c(OC4CCNCC4)ncnc32)c1. The number of piperidine rings is 1. The van der Waals surface area contributed by atoms with E-state index in [9.17, 15) is 8.78 Å². The van der Waals surface area contributed by atoms with E-state index < -0.39 is 11.6 Å². The first-order valence-corrected chi connectivity index (χ1v) is 7.74. The van der Waals surface area contributed by atoms with E-state index in [2.05, 4.69) is 20.4 Å². The molecule has 0 saturated carbocycles. The van der Waals surface area contributed by atoms with Gasteiger partial charge in [-0.2, -0.15) is 5.10 Å². The molecule has 0 spiro atoms. The maximum atomic E-state index is 14.0. The van der Waals surface area contributed by atoms with E-state index in [0.717, 1.165) is 44.1 Å². The van der Waals surface area contributed by atoms with Gasteiger partial charge in [0.05, 0.1) is 6.20 Å². The van der Waals surface area contributed by atoms with Crippen LogP contribution >= 0.6 is 0 Å². The van der Waals surface area contributed by atoms with Gasteiger partial charge in [0.25, 0.3) is 0 Å². The number of halogens is 2. The lowest BCUT2D eigenvalue weighted by Crippen LogP contribution is -2.34. The van der Waals surface area contributed by atoms with Crippen LogP contribution in [0.5, 0.6) is 5.88 Å². The first-order valence-electron chi connectivity index (χ1n) is 7.74. The molecular weight excluding hydrogens is 316 g/mol. The summed E-state index contributed by atoms with van der Waals surface area (Å²) in [5.74, 6) is -0.717. The van der Waals surface area contributed by atoms with Crippen LogP contribution < -0.4 is 10.1 Å². The average molecular weight is 331 g/mol. The molecule has 1 aliphatic heterocycles. The Balaban J connectivity index is 1.74. The van der Waals surface area contributed by atoms with Gasteiger partial charge in [-0.1, -0.05) is 0 Å². The average Bonchev–Trinajstić information content (AvgIpc) is 3.03. The highest BCUT2D eigenvalue weighted by Gasteiger charge is 2.19. The van der Waals surface area contributed by atoms with Gasteiger partial charge >= 0.3 is 0 Å². The van der Waals surface area contributed by atoms with Crippen molar-refractivity contribution in [2.24, 2.45) is 0 Å². The molecule has 0 radical (unpaired) electrons. The molecule has 0 atom stereocenters. The highest BCUT2D eigenvalue weighted by molar-refractivity contribution is 5.81. The Morgan fingerprint density at radius 3 is 2.83 bits per heavy atom. The number of nitrogens with zero attached hydrogens (tertiary/aromatic N) is 4. The van der Waals surface area contributed by atoms with Crippen molar-refractivity contribution in [3.63, 3.8) is 0 Å². The third-order valence-corrected chi connectivity index (χ3v) is 4.03. The van der Waals surface area contributed by atoms with Gasteiger partial charge in [0, 0.05) is 6.07 Å². The van der Waals surface area contributed by atoms with Gasteiger partial charge in [-0.15, -0.1) is 0 Å². The Morgan fingerprint density at radius 1 is 1.17 bits per heavy atom. The summed E-state index contributed by atoms with van der Waals surface area (Å²) in [5.41, 5.74) is 0.370. The van der Waals surface area contributed by atoms with E-state index in [1.807, 2.05) is 0 Å². The maximum absolute atomic E-state index is 14.0. The molecule has 1 aliphatic rings. The highest BCUT2D eigenvalue weighted by Crippen LogP contribution is 2.26. The van der Waals surface area contributed by atoms with Crippen molar-refractivity contribution in [1.29, 1.82) is 0 Å². The zero-order chi connectivity index (χ0) is 16.5. The molecule has 6 nitrogen and oxygen atoms in total. The van der Waals surface area contributed by atoms with Gasteiger partial charge in [-0.3, -0.25) is 0 Å². The Bertz CT molecular complexity index is 876. The molecule has 3 aromatic rings. The molecule has 8 heteroatoms. The van der Waals surface area contributed by atoms with Gasteiger partial charge in [0.1, 0.15) is 35.1 Å². The summed E-state index contributed by atoms with van der Waals surface area (Å²) < 4.78 is 34.7. The van der Waals surface area contributed by atoms with Gasteiger partial charge in [0.15, 0.2) is 5.65 Å². The van der Waals surface area contributed by atoms with Gasteiger partial charge in [0.2, 0.25) is 5.88 Å². The first-order chi connectivity index (χ1) is 11.7. The van der Waals surface area contributed by atoms with Crippen LogP contribution in [-0.4, -0.2) is 38.9 Å². The molecule has 1 fully saturated rings. The van der Waals surface area contributed by atoms with Gasteiger partial charge in [-0.25, -0.2) is 23.4 Å². The second-order valence-electron chi connectivity index (χ2n) is 5.64. The fraction of sp³-hybridized carbons (Fsp3) is 0.312. The Kier molecular flexibility index (Phi) is 3.81. The minimum Gasteiger partial charge on any atom is -0.474 e. The van der Waals surface area contributed by atoms with E-state index in [1.54, 1.807) is 0 Å². The van der Waals surface area contributed by atoms with Crippen LogP contribution in [0.4, 0.5) is 8.78 Å². The molecule has 4 rings (SSSR count). The fourth-order valence-electron chi connectivity index (χ4n) is 2.81. The van der Waals surface area contributed by atoms with Crippen LogP contribution in [0, 0.1) is 11.6 Å². The van der Waals surface area contributed by atoms with E-state index >= 15 is 0 Å². The van der Waals surface area contributed by atoms with Crippen molar-refractivity contribution < 1.29 is 13.5 Å². The minimum atomic E-state index is -0.583. The van der Waals surface area contributed by atoms with Crippen LogP contribution in [0.25, 0.3) is 16.7 Å². The summed E-state index contributed by atoms with van der Waals surface area (Å²) in [4.78, 5) is 8.32. The molecule has 0 amide bonds. The monoisotopic (exact) mass is 331 g/mol. The first kappa shape index (κ1) is 14.9. The number of fused-ring (bicyclic) bond motifs is 1. The van der Waals surface area contributed by atoms with Crippen molar-refractivity contribution >= 4 is 11.0 Å². The minimum absolute atomic E-state index is 0.00323. The van der Waals surface area contributed by atoms with Crippen LogP contribution in [0.15, 0.2) is 30.7 Å². The predicted molar refractivity (Wildman–Crippen MR) is 83.1 cm³/mol. The summed E-state index contributed by atoms with van der Waals surface area (Å²) in [6, 6.07) is 3.20. The van der Waals surface area contributed by atoms with Crippen molar-refractivity contribution in [2.75, 3.05) is 13.1 Å². The van der Waals surface area contributed by atoms with Gasteiger partial charge in [-0.05, 0) is 38.1 Å². The van der Waals surface area contributed by atoms with Crippen LogP contribution in [0.1, 0.15) is 12.8 Å². The molecule has 0 bridgehead atoms. The molecule has 2 aromatic heterocycles. The van der Waals surface area contributed by atoms with E-state index in [1.165, 1.54) is 17.2 Å². The lowest BCUT2D eigenvalue weighted by molar-refractivity contribution is 0.158. The molecule has 24 heavy (non-hydrogen) atoms. The third-order valence-electron chi connectivity index (χ3n) is 4.03. The number of aromatic nitrogens is 4. The second-order valence-corrected chi connectivity index (χ2v) is 5.64. The Morgan fingerprint density at radius 2 is 2.00 bits per heavy atom. The molecule has 1 saturated heterocycles. The molecule has 1 N–H and O–H groups in total. The van der Waals surface area contributed by atoms with E-state index in [4.69, 9.17) is 4.74 Å². The van der Waals surface area contributed by atoms with Crippen molar-refractivity contribution in [1.82, 2.24) is 25.1 Å². The quantitative estimate of drug-likeness (QED) is 0.797. The number of rotatable bonds is 3. The molecule has 3 heterocycles. The van der Waals surface area contributed by atoms with E-state index in [-0.39, 0.29) is 11.8 Å². The summed E-state index contributed by atoms with van der Waals surface area (Å²) in [6.07, 6.45) is 4.69. The zero-order valence-corrected chi connectivity index (χ0v) is 12.7. The highest BCUT2D eigenvalue weighted by atomic mass is 19.1. The van der Waals surface area contributed by atoms with E-state index in [0.29, 0.717) is 16.9 Å². The lowest BCUT2D eigenvalue weighted by atomic mass is 10.1. The van der Waals surface area contributed by atoms with Crippen molar-refractivity contribution in [3.8, 4) is 11.6 Å². The van der Waals surface area contributed by atoms with Crippen LogP contribution in [0.2, 0.25) is 0 Å². The lowest BCUT2D eigenvalue weighted by Gasteiger charge is -2.23. The molecule has 0 aliphatic carbocycles. The topological polar surface area (TPSA) is 64.9 Å². The molecule has 124 valence electrons. The largest absolute Gasteiger partial charge is 0.474 e. The standard InChI is InChI=1S/C16H15F2N5O/c17-10-1-2-13(18)14(7-10)23-15-12(8-22-23)16(21-9-20-15)24-11-3-5-19-6-4-11/h1-2,7-9,11,19H,3-6H2. The van der Waals surface area contributed by atoms with Gasteiger partial charge < -0.3 is 10.1 Å². The maximum Gasteiger partial charge on any atom is 0.228 e. The molecule has 0 unspecified atom stereocenters. The number of hydrogen-bond acceptors (Lipinski definition) is 5. The van der Waals surface area contributed by atoms with Crippen molar-refractivity contribution in [3.05, 3.63) is 42.4 Å². The molecular formula is C16H15F2N5O. The number of nitrogens with one attached hydrogen (secondary N) is 1. The number of ether oxygens (including phenoxy) is 1. The van der Waals surface area contributed by atoms with Crippen LogP contribution in [0.3, 0.4) is 0 Å². The van der Waals surface area contributed by atoms with Crippen molar-refractivity contribution in [2.45, 2.75) is 18.9 Å². The summed E-state index contributed by atoms with van der Waals surface area (Å²) >= 11 is 0. The Hall–Kier alpha value is -2.61. The summed E-state index contributed by atoms with van der Waals surface area (Å²) in [5, 5.41) is 7.97. The number of benzene rings is 1. The summed E-state index contributed by atoms with van der Waals surface area (Å²) in [7, 11) is 0. The fourth-order valence-corrected chi connectivity index (χ4v) is 2.81. The zero-order valence-electron chi connectivity index (χ0n) is 12.7.